The van der Waals surface area contributed by atoms with Crippen molar-refractivity contribution in [3.8, 4) is 5.75 Å². The van der Waals surface area contributed by atoms with Gasteiger partial charge in [-0.15, -0.1) is 0 Å². The fourth-order valence-electron chi connectivity index (χ4n) is 3.13. The van der Waals surface area contributed by atoms with Crippen LogP contribution < -0.4 is 15.4 Å². The lowest BCUT2D eigenvalue weighted by Gasteiger charge is -2.42. The van der Waals surface area contributed by atoms with Crippen LogP contribution in [-0.2, 0) is 5.41 Å². The summed E-state index contributed by atoms with van der Waals surface area (Å²) in [5, 5.41) is 5.88. The average molecular weight is 310 g/mol. The Morgan fingerprint density at radius 3 is 2.43 bits per heavy atom. The monoisotopic (exact) mass is 310 g/mol. The third-order valence-electron chi connectivity index (χ3n) is 4.64. The van der Waals surface area contributed by atoms with Crippen molar-refractivity contribution in [3.63, 3.8) is 0 Å². The predicted octanol–water partition coefficient (Wildman–Crippen LogP) is 3.94. The summed E-state index contributed by atoms with van der Waals surface area (Å²) in [5.74, 6) is 0.657. The van der Waals surface area contributed by atoms with Crippen LogP contribution in [0.15, 0.2) is 54.6 Å². The summed E-state index contributed by atoms with van der Waals surface area (Å²) in [5.41, 5.74) is 2.07. The maximum absolute atomic E-state index is 12.2. The molecule has 2 aromatic carbocycles. The fourth-order valence-corrected chi connectivity index (χ4v) is 3.13. The number of nitrogens with one attached hydrogen (secondary N) is 2. The number of rotatable bonds is 5. The number of benzene rings is 2. The summed E-state index contributed by atoms with van der Waals surface area (Å²) in [4.78, 5) is 12.2. The Balaban J connectivity index is 1.62. The SMILES string of the molecule is COc1ccccc1NC(=O)NCC1(c2ccccc2)CCC1. The highest BCUT2D eigenvalue weighted by Gasteiger charge is 2.38. The lowest BCUT2D eigenvalue weighted by Crippen LogP contribution is -2.46. The van der Waals surface area contributed by atoms with Gasteiger partial charge in [0.25, 0.3) is 0 Å². The van der Waals surface area contributed by atoms with E-state index in [0.717, 1.165) is 12.8 Å². The number of urea groups is 1. The van der Waals surface area contributed by atoms with Crippen LogP contribution in [0, 0.1) is 0 Å². The van der Waals surface area contributed by atoms with Crippen LogP contribution in [0.4, 0.5) is 10.5 Å². The summed E-state index contributed by atoms with van der Waals surface area (Å²) < 4.78 is 5.25. The van der Waals surface area contributed by atoms with Crippen LogP contribution in [0.3, 0.4) is 0 Å². The second-order valence-corrected chi connectivity index (χ2v) is 6.01. The molecule has 0 radical (unpaired) electrons. The van der Waals surface area contributed by atoms with E-state index < -0.39 is 0 Å². The van der Waals surface area contributed by atoms with E-state index in [9.17, 15) is 4.79 Å². The topological polar surface area (TPSA) is 50.4 Å². The highest BCUT2D eigenvalue weighted by Crippen LogP contribution is 2.43. The zero-order valence-corrected chi connectivity index (χ0v) is 13.3. The van der Waals surface area contributed by atoms with E-state index in [2.05, 4.69) is 34.9 Å². The molecule has 0 heterocycles. The highest BCUT2D eigenvalue weighted by atomic mass is 16.5. The molecule has 0 spiro atoms. The number of hydrogen-bond donors (Lipinski definition) is 2. The molecule has 0 aliphatic heterocycles. The van der Waals surface area contributed by atoms with Crippen molar-refractivity contribution >= 4 is 11.7 Å². The number of anilines is 1. The standard InChI is InChI=1S/C19H22N2O2/c1-23-17-11-6-5-10-16(17)21-18(22)20-14-19(12-7-13-19)15-8-3-2-4-9-15/h2-6,8-11H,7,12-14H2,1H3,(H2,20,21,22). The van der Waals surface area contributed by atoms with Gasteiger partial charge >= 0.3 is 6.03 Å². The van der Waals surface area contributed by atoms with Crippen molar-refractivity contribution < 1.29 is 9.53 Å². The Morgan fingerprint density at radius 1 is 1.09 bits per heavy atom. The second kappa shape index (κ2) is 6.73. The minimum absolute atomic E-state index is 0.0827. The summed E-state index contributed by atoms with van der Waals surface area (Å²) in [6.07, 6.45) is 3.45. The number of carbonyl (C=O) groups is 1. The Bertz CT molecular complexity index is 666. The summed E-state index contributed by atoms with van der Waals surface area (Å²) in [6.45, 7) is 0.651. The van der Waals surface area contributed by atoms with Crippen LogP contribution in [0.25, 0.3) is 0 Å². The van der Waals surface area contributed by atoms with Gasteiger partial charge in [-0.05, 0) is 30.5 Å². The third-order valence-corrected chi connectivity index (χ3v) is 4.64. The number of ether oxygens (including phenoxy) is 1. The number of para-hydroxylation sites is 2. The first kappa shape index (κ1) is 15.4. The molecule has 4 heteroatoms. The van der Waals surface area contributed by atoms with Gasteiger partial charge in [0.2, 0.25) is 0 Å². The maximum atomic E-state index is 12.2. The molecule has 1 saturated carbocycles. The molecule has 3 rings (SSSR count). The van der Waals surface area contributed by atoms with Gasteiger partial charge in [-0.25, -0.2) is 4.79 Å². The van der Waals surface area contributed by atoms with Crippen molar-refractivity contribution in [1.29, 1.82) is 0 Å². The van der Waals surface area contributed by atoms with Gasteiger partial charge in [0.1, 0.15) is 5.75 Å². The van der Waals surface area contributed by atoms with Gasteiger partial charge in [-0.2, -0.15) is 0 Å². The largest absolute Gasteiger partial charge is 0.495 e. The number of methoxy groups -OCH3 is 1. The minimum Gasteiger partial charge on any atom is -0.495 e. The summed E-state index contributed by atoms with van der Waals surface area (Å²) in [7, 11) is 1.59. The van der Waals surface area contributed by atoms with Crippen molar-refractivity contribution in [3.05, 3.63) is 60.2 Å². The second-order valence-electron chi connectivity index (χ2n) is 6.01. The van der Waals surface area contributed by atoms with E-state index in [1.165, 1.54) is 12.0 Å². The van der Waals surface area contributed by atoms with Gasteiger partial charge in [0, 0.05) is 12.0 Å². The molecule has 1 aliphatic rings. The lowest BCUT2D eigenvalue weighted by atomic mass is 9.64. The van der Waals surface area contributed by atoms with E-state index in [4.69, 9.17) is 4.74 Å². The van der Waals surface area contributed by atoms with E-state index in [1.807, 2.05) is 30.3 Å². The molecule has 2 N–H and O–H groups in total. The number of hydrogen-bond acceptors (Lipinski definition) is 2. The Morgan fingerprint density at radius 2 is 1.78 bits per heavy atom. The molecule has 1 fully saturated rings. The Hall–Kier alpha value is -2.49. The number of amides is 2. The van der Waals surface area contributed by atoms with Crippen LogP contribution >= 0.6 is 0 Å². The number of carbonyl (C=O) groups excluding carboxylic acids is 1. The Labute approximate surface area is 136 Å². The Kier molecular flexibility index (Phi) is 4.51. The first-order chi connectivity index (χ1) is 11.2. The predicted molar refractivity (Wildman–Crippen MR) is 92.0 cm³/mol. The lowest BCUT2D eigenvalue weighted by molar-refractivity contribution is 0.222. The van der Waals surface area contributed by atoms with Crippen LogP contribution in [0.5, 0.6) is 5.75 Å². The molecule has 0 bridgehead atoms. The molecule has 0 atom stereocenters. The molecular formula is C19H22N2O2. The fraction of sp³-hybridized carbons (Fsp3) is 0.316. The quantitative estimate of drug-likeness (QED) is 0.879. The first-order valence-corrected chi connectivity index (χ1v) is 7.97. The van der Waals surface area contributed by atoms with Gasteiger partial charge in [-0.1, -0.05) is 48.9 Å². The van der Waals surface area contributed by atoms with Crippen molar-refractivity contribution in [2.75, 3.05) is 19.0 Å². The zero-order chi connectivity index (χ0) is 16.1. The molecule has 0 aromatic heterocycles. The van der Waals surface area contributed by atoms with Crippen molar-refractivity contribution in [1.82, 2.24) is 5.32 Å². The van der Waals surface area contributed by atoms with E-state index in [0.29, 0.717) is 18.0 Å². The molecule has 23 heavy (non-hydrogen) atoms. The van der Waals surface area contributed by atoms with Crippen LogP contribution in [0.2, 0.25) is 0 Å². The smallest absolute Gasteiger partial charge is 0.319 e. The summed E-state index contributed by atoms with van der Waals surface area (Å²) >= 11 is 0. The average Bonchev–Trinajstić information content (AvgIpc) is 2.55. The van der Waals surface area contributed by atoms with Crippen LogP contribution in [0.1, 0.15) is 24.8 Å². The molecule has 1 aliphatic carbocycles. The van der Waals surface area contributed by atoms with E-state index in [-0.39, 0.29) is 11.4 Å². The zero-order valence-electron chi connectivity index (χ0n) is 13.3. The summed E-state index contributed by atoms with van der Waals surface area (Å²) in [6, 6.07) is 17.7. The minimum atomic E-state index is -0.197. The van der Waals surface area contributed by atoms with Gasteiger partial charge in [0.15, 0.2) is 0 Å². The van der Waals surface area contributed by atoms with Gasteiger partial charge in [-0.3, -0.25) is 0 Å². The molecule has 0 saturated heterocycles. The van der Waals surface area contributed by atoms with Gasteiger partial charge in [0.05, 0.1) is 12.8 Å². The molecular weight excluding hydrogens is 288 g/mol. The normalized spacial score (nSPS) is 15.3. The van der Waals surface area contributed by atoms with Gasteiger partial charge < -0.3 is 15.4 Å². The molecule has 4 nitrogen and oxygen atoms in total. The van der Waals surface area contributed by atoms with Crippen molar-refractivity contribution in [2.24, 2.45) is 0 Å². The molecule has 2 amide bonds. The maximum Gasteiger partial charge on any atom is 0.319 e. The first-order valence-electron chi connectivity index (χ1n) is 7.97. The van der Waals surface area contributed by atoms with E-state index >= 15 is 0 Å². The van der Waals surface area contributed by atoms with E-state index in [1.54, 1.807) is 7.11 Å². The molecule has 0 unspecified atom stereocenters. The third kappa shape index (κ3) is 3.31. The molecule has 120 valence electrons. The highest BCUT2D eigenvalue weighted by molar-refractivity contribution is 5.90. The molecule has 2 aromatic rings. The van der Waals surface area contributed by atoms with Crippen molar-refractivity contribution in [2.45, 2.75) is 24.7 Å². The van der Waals surface area contributed by atoms with Crippen LogP contribution in [-0.4, -0.2) is 19.7 Å².